The van der Waals surface area contributed by atoms with Crippen LogP contribution in [0.4, 0.5) is 10.6 Å². The van der Waals surface area contributed by atoms with Crippen molar-refractivity contribution >= 4 is 17.9 Å². The van der Waals surface area contributed by atoms with Crippen LogP contribution in [0.5, 0.6) is 5.75 Å². The lowest BCUT2D eigenvalue weighted by Crippen LogP contribution is -2.49. The van der Waals surface area contributed by atoms with Crippen LogP contribution < -0.4 is 9.64 Å². The average molecular weight is 308 g/mol. The van der Waals surface area contributed by atoms with Gasteiger partial charge in [-0.1, -0.05) is 0 Å². The van der Waals surface area contributed by atoms with Gasteiger partial charge in [0, 0.05) is 6.20 Å². The van der Waals surface area contributed by atoms with E-state index in [-0.39, 0.29) is 13.2 Å². The number of nitrogens with zero attached hydrogens (tertiary/aromatic N) is 2. The van der Waals surface area contributed by atoms with Gasteiger partial charge in [0.2, 0.25) is 6.10 Å². The highest BCUT2D eigenvalue weighted by molar-refractivity contribution is 5.91. The predicted octanol–water partition coefficient (Wildman–Crippen LogP) is 2.15. The van der Waals surface area contributed by atoms with Gasteiger partial charge in [-0.3, -0.25) is 4.90 Å². The Morgan fingerprint density at radius 2 is 2.18 bits per heavy atom. The zero-order chi connectivity index (χ0) is 16.3. The third kappa shape index (κ3) is 3.66. The third-order valence-corrected chi connectivity index (χ3v) is 2.79. The first-order chi connectivity index (χ1) is 10.3. The molecular formula is C15H20N2O5. The summed E-state index contributed by atoms with van der Waals surface area (Å²) in [4.78, 5) is 29.7. The minimum atomic E-state index is -0.899. The first-order valence-corrected chi connectivity index (χ1v) is 7.10. The maximum absolute atomic E-state index is 12.4. The average Bonchev–Trinajstić information content (AvgIpc) is 2.44. The molecule has 120 valence electrons. The molecule has 1 amide bonds. The maximum Gasteiger partial charge on any atom is 0.416 e. The second kappa shape index (κ2) is 6.21. The molecule has 0 fully saturated rings. The highest BCUT2D eigenvalue weighted by Crippen LogP contribution is 2.32. The molecule has 0 radical (unpaired) electrons. The lowest BCUT2D eigenvalue weighted by molar-refractivity contribution is -0.151. The molecule has 1 unspecified atom stereocenters. The number of esters is 1. The summed E-state index contributed by atoms with van der Waals surface area (Å²) in [7, 11) is 0. The van der Waals surface area contributed by atoms with Crippen LogP contribution in [-0.4, -0.2) is 41.9 Å². The molecule has 2 heterocycles. The van der Waals surface area contributed by atoms with Crippen LogP contribution in [-0.2, 0) is 14.3 Å². The zero-order valence-corrected chi connectivity index (χ0v) is 13.2. The summed E-state index contributed by atoms with van der Waals surface area (Å²) in [5.41, 5.74) is -0.649. The van der Waals surface area contributed by atoms with Gasteiger partial charge >= 0.3 is 12.1 Å². The first kappa shape index (κ1) is 16.1. The molecule has 1 aromatic rings. The quantitative estimate of drug-likeness (QED) is 0.779. The van der Waals surface area contributed by atoms with Crippen molar-refractivity contribution in [2.75, 3.05) is 18.1 Å². The van der Waals surface area contributed by atoms with E-state index >= 15 is 0 Å². The molecule has 0 N–H and O–H groups in total. The van der Waals surface area contributed by atoms with Gasteiger partial charge < -0.3 is 14.2 Å². The van der Waals surface area contributed by atoms with E-state index in [1.807, 2.05) is 0 Å². The van der Waals surface area contributed by atoms with Crippen molar-refractivity contribution in [2.45, 2.75) is 39.4 Å². The molecule has 1 aliphatic rings. The van der Waals surface area contributed by atoms with Gasteiger partial charge in [0.15, 0.2) is 11.6 Å². The molecule has 7 nitrogen and oxygen atoms in total. The van der Waals surface area contributed by atoms with E-state index < -0.39 is 23.8 Å². The fourth-order valence-corrected chi connectivity index (χ4v) is 1.96. The number of fused-ring (bicyclic) bond motifs is 1. The molecular weight excluding hydrogens is 288 g/mol. The Hall–Kier alpha value is -2.31. The van der Waals surface area contributed by atoms with Gasteiger partial charge in [-0.25, -0.2) is 14.6 Å². The van der Waals surface area contributed by atoms with Crippen LogP contribution in [0.1, 0.15) is 27.7 Å². The van der Waals surface area contributed by atoms with Gasteiger partial charge in [-0.05, 0) is 39.8 Å². The van der Waals surface area contributed by atoms with Crippen molar-refractivity contribution < 1.29 is 23.8 Å². The number of pyridine rings is 1. The number of ether oxygens (including phenoxy) is 3. The number of hydrogen-bond donors (Lipinski definition) is 0. The molecule has 1 atom stereocenters. The Morgan fingerprint density at radius 1 is 1.45 bits per heavy atom. The molecule has 22 heavy (non-hydrogen) atoms. The summed E-state index contributed by atoms with van der Waals surface area (Å²) in [6, 6.07) is 3.31. The largest absolute Gasteiger partial charge is 0.473 e. The Kier molecular flexibility index (Phi) is 4.54. The second-order valence-corrected chi connectivity index (χ2v) is 5.77. The molecule has 0 aliphatic carbocycles. The molecule has 2 rings (SSSR count). The maximum atomic E-state index is 12.4. The minimum absolute atomic E-state index is 0.00222. The van der Waals surface area contributed by atoms with Crippen LogP contribution in [0.2, 0.25) is 0 Å². The zero-order valence-electron chi connectivity index (χ0n) is 13.2. The van der Waals surface area contributed by atoms with Gasteiger partial charge in [0.1, 0.15) is 5.60 Å². The number of amides is 1. The van der Waals surface area contributed by atoms with Crippen LogP contribution in [0, 0.1) is 0 Å². The molecule has 0 spiro atoms. The third-order valence-electron chi connectivity index (χ3n) is 2.79. The SMILES string of the molecule is CCOC(=O)C1CN(C(=O)OC(C)(C)C)c2ncccc2O1. The smallest absolute Gasteiger partial charge is 0.416 e. The second-order valence-electron chi connectivity index (χ2n) is 5.77. The molecule has 0 aromatic carbocycles. The lowest BCUT2D eigenvalue weighted by Gasteiger charge is -2.33. The molecule has 1 aliphatic heterocycles. The van der Waals surface area contributed by atoms with Crippen LogP contribution in [0.25, 0.3) is 0 Å². The van der Waals surface area contributed by atoms with Gasteiger partial charge in [0.05, 0.1) is 13.2 Å². The van der Waals surface area contributed by atoms with E-state index in [4.69, 9.17) is 14.2 Å². The predicted molar refractivity (Wildman–Crippen MR) is 78.9 cm³/mol. The summed E-state index contributed by atoms with van der Waals surface area (Å²) < 4.78 is 15.9. The summed E-state index contributed by atoms with van der Waals surface area (Å²) in [6.07, 6.45) is 0.0683. The Balaban J connectivity index is 2.27. The summed E-state index contributed by atoms with van der Waals surface area (Å²) in [6.45, 7) is 7.26. The molecule has 0 saturated heterocycles. The van der Waals surface area contributed by atoms with Gasteiger partial charge in [-0.15, -0.1) is 0 Å². The summed E-state index contributed by atoms with van der Waals surface area (Å²) >= 11 is 0. The number of hydrogen-bond acceptors (Lipinski definition) is 6. The minimum Gasteiger partial charge on any atom is -0.473 e. The Morgan fingerprint density at radius 3 is 2.82 bits per heavy atom. The molecule has 0 saturated carbocycles. The highest BCUT2D eigenvalue weighted by atomic mass is 16.6. The van der Waals surface area contributed by atoms with E-state index in [0.29, 0.717) is 11.6 Å². The van der Waals surface area contributed by atoms with Crippen molar-refractivity contribution in [3.63, 3.8) is 0 Å². The number of anilines is 1. The molecule has 1 aromatic heterocycles. The highest BCUT2D eigenvalue weighted by Gasteiger charge is 2.37. The van der Waals surface area contributed by atoms with E-state index in [1.54, 1.807) is 46.0 Å². The van der Waals surface area contributed by atoms with Gasteiger partial charge in [-0.2, -0.15) is 0 Å². The monoisotopic (exact) mass is 308 g/mol. The van der Waals surface area contributed by atoms with Crippen LogP contribution in [0.3, 0.4) is 0 Å². The summed E-state index contributed by atoms with van der Waals surface area (Å²) in [5, 5.41) is 0. The number of carbonyl (C=O) groups excluding carboxylic acids is 2. The van der Waals surface area contributed by atoms with Crippen molar-refractivity contribution in [1.29, 1.82) is 0 Å². The molecule has 0 bridgehead atoms. The fraction of sp³-hybridized carbons (Fsp3) is 0.533. The number of rotatable bonds is 2. The lowest BCUT2D eigenvalue weighted by atomic mass is 10.2. The Labute approximate surface area is 129 Å². The number of carbonyl (C=O) groups is 2. The normalized spacial score (nSPS) is 17.3. The topological polar surface area (TPSA) is 78.0 Å². The van der Waals surface area contributed by atoms with E-state index in [0.717, 1.165) is 0 Å². The summed E-state index contributed by atoms with van der Waals surface area (Å²) in [5.74, 6) is 0.153. The van der Waals surface area contributed by atoms with Crippen molar-refractivity contribution in [3.8, 4) is 5.75 Å². The van der Waals surface area contributed by atoms with Gasteiger partial charge in [0.25, 0.3) is 0 Å². The van der Waals surface area contributed by atoms with E-state index in [2.05, 4.69) is 4.98 Å². The van der Waals surface area contributed by atoms with E-state index in [9.17, 15) is 9.59 Å². The van der Waals surface area contributed by atoms with Crippen LogP contribution in [0.15, 0.2) is 18.3 Å². The number of aromatic nitrogens is 1. The fourth-order valence-electron chi connectivity index (χ4n) is 1.96. The standard InChI is InChI=1S/C15H20N2O5/c1-5-20-13(18)11-9-17(14(19)22-15(2,3)4)12-10(21-11)7-6-8-16-12/h6-8,11H,5,9H2,1-4H3. The Bertz CT molecular complexity index is 567. The first-order valence-electron chi connectivity index (χ1n) is 7.10. The van der Waals surface area contributed by atoms with Crippen molar-refractivity contribution in [3.05, 3.63) is 18.3 Å². The van der Waals surface area contributed by atoms with Crippen LogP contribution >= 0.6 is 0 Å². The molecule has 7 heteroatoms. The van der Waals surface area contributed by atoms with Crippen molar-refractivity contribution in [1.82, 2.24) is 4.98 Å². The van der Waals surface area contributed by atoms with Crippen molar-refractivity contribution in [2.24, 2.45) is 0 Å². The van der Waals surface area contributed by atoms with E-state index in [1.165, 1.54) is 4.90 Å².